The highest BCUT2D eigenvalue weighted by atomic mass is 35.5. The lowest BCUT2D eigenvalue weighted by Crippen LogP contribution is -1.93. The highest BCUT2D eigenvalue weighted by Crippen LogP contribution is 2.14. The van der Waals surface area contributed by atoms with Crippen molar-refractivity contribution in [3.8, 4) is 0 Å². The molecule has 0 bridgehead atoms. The molecule has 0 aromatic carbocycles. The minimum absolute atomic E-state index is 0.219. The number of alkyl halides is 1. The smallest absolute Gasteiger partial charge is 0.327 e. The third-order valence-corrected chi connectivity index (χ3v) is 4.79. The monoisotopic (exact) mass is 370 g/mol. The van der Waals surface area contributed by atoms with Crippen molar-refractivity contribution in [2.45, 2.75) is 109 Å². The molecular formula is C22H39ClO2. The molecule has 0 aromatic heterocycles. The number of rotatable bonds is 18. The first-order chi connectivity index (χ1) is 12.2. The van der Waals surface area contributed by atoms with Crippen LogP contribution >= 0.6 is 11.6 Å². The van der Waals surface area contributed by atoms with Gasteiger partial charge in [-0.15, -0.1) is 11.6 Å². The lowest BCUT2D eigenvalue weighted by molar-refractivity contribution is -0.131. The molecule has 0 rings (SSSR count). The standard InChI is InChI=1S/C22H39ClO2/c1-2-3-4-12-15-18-21(23)19-16-13-10-8-6-5-7-9-11-14-17-20-22(24)25/h16-17,19-21H,2-15,18H2,1H3,(H,24,25)/b19-16?,20-17+. The average molecular weight is 371 g/mol. The van der Waals surface area contributed by atoms with Crippen LogP contribution in [0.3, 0.4) is 0 Å². The Balaban J connectivity index is 3.27. The van der Waals surface area contributed by atoms with Crippen LogP contribution in [0.25, 0.3) is 0 Å². The van der Waals surface area contributed by atoms with E-state index in [9.17, 15) is 4.79 Å². The van der Waals surface area contributed by atoms with Crippen LogP contribution in [0.2, 0.25) is 0 Å². The maximum atomic E-state index is 10.3. The van der Waals surface area contributed by atoms with Crippen LogP contribution in [0.5, 0.6) is 0 Å². The number of carboxylic acids is 1. The molecule has 0 saturated carbocycles. The van der Waals surface area contributed by atoms with Gasteiger partial charge in [0.2, 0.25) is 0 Å². The van der Waals surface area contributed by atoms with Crippen LogP contribution in [0.15, 0.2) is 24.3 Å². The van der Waals surface area contributed by atoms with Gasteiger partial charge in [-0.25, -0.2) is 4.79 Å². The van der Waals surface area contributed by atoms with E-state index in [2.05, 4.69) is 19.1 Å². The van der Waals surface area contributed by atoms with E-state index in [0.29, 0.717) is 0 Å². The molecule has 1 unspecified atom stereocenters. The van der Waals surface area contributed by atoms with Crippen LogP contribution in [-0.2, 0) is 4.79 Å². The first-order valence-electron chi connectivity index (χ1n) is 10.4. The second-order valence-electron chi connectivity index (χ2n) is 6.94. The van der Waals surface area contributed by atoms with Gasteiger partial charge in [0.25, 0.3) is 0 Å². The number of aliphatic carboxylic acids is 1. The molecule has 0 amide bonds. The normalized spacial score (nSPS) is 13.0. The third-order valence-electron chi connectivity index (χ3n) is 4.43. The van der Waals surface area contributed by atoms with Crippen molar-refractivity contribution >= 4 is 17.6 Å². The summed E-state index contributed by atoms with van der Waals surface area (Å²) in [6, 6.07) is 0. The van der Waals surface area contributed by atoms with Crippen LogP contribution in [0.4, 0.5) is 0 Å². The van der Waals surface area contributed by atoms with Crippen molar-refractivity contribution in [2.24, 2.45) is 0 Å². The topological polar surface area (TPSA) is 37.3 Å². The predicted molar refractivity (Wildman–Crippen MR) is 110 cm³/mol. The van der Waals surface area contributed by atoms with E-state index in [0.717, 1.165) is 25.7 Å². The molecule has 0 fully saturated rings. The van der Waals surface area contributed by atoms with Crippen LogP contribution in [0, 0.1) is 0 Å². The van der Waals surface area contributed by atoms with Crippen LogP contribution in [-0.4, -0.2) is 16.5 Å². The molecule has 0 aromatic rings. The molecule has 0 aliphatic heterocycles. The Morgan fingerprint density at radius 1 is 0.840 bits per heavy atom. The van der Waals surface area contributed by atoms with E-state index in [1.165, 1.54) is 76.7 Å². The number of carboxylic acid groups (broad SMARTS) is 1. The van der Waals surface area contributed by atoms with Gasteiger partial charge < -0.3 is 5.11 Å². The van der Waals surface area contributed by atoms with Gasteiger partial charge in [-0.3, -0.25) is 0 Å². The molecule has 0 aliphatic rings. The van der Waals surface area contributed by atoms with Crippen molar-refractivity contribution in [3.63, 3.8) is 0 Å². The maximum absolute atomic E-state index is 10.3. The third kappa shape index (κ3) is 21.2. The van der Waals surface area contributed by atoms with Crippen molar-refractivity contribution in [3.05, 3.63) is 24.3 Å². The van der Waals surface area contributed by atoms with E-state index in [-0.39, 0.29) is 5.38 Å². The Morgan fingerprint density at radius 3 is 1.96 bits per heavy atom. The number of unbranched alkanes of at least 4 members (excludes halogenated alkanes) is 12. The molecule has 146 valence electrons. The zero-order valence-corrected chi connectivity index (χ0v) is 17.0. The van der Waals surface area contributed by atoms with Crippen molar-refractivity contribution < 1.29 is 9.90 Å². The Hall–Kier alpha value is -0.760. The number of hydrogen-bond acceptors (Lipinski definition) is 1. The molecule has 0 radical (unpaired) electrons. The Labute approximate surface area is 160 Å². The first-order valence-corrected chi connectivity index (χ1v) is 10.8. The molecule has 2 nitrogen and oxygen atoms in total. The summed E-state index contributed by atoms with van der Waals surface area (Å²) in [7, 11) is 0. The van der Waals surface area contributed by atoms with Gasteiger partial charge in [0.05, 0.1) is 5.38 Å². The average Bonchev–Trinajstić information content (AvgIpc) is 2.58. The molecule has 1 atom stereocenters. The van der Waals surface area contributed by atoms with Gasteiger partial charge in [-0.2, -0.15) is 0 Å². The Kier molecular flexibility index (Phi) is 19.0. The summed E-state index contributed by atoms with van der Waals surface area (Å²) in [5.41, 5.74) is 0. The predicted octanol–water partition coefficient (Wildman–Crippen LogP) is 7.66. The summed E-state index contributed by atoms with van der Waals surface area (Å²) in [6.07, 6.45) is 25.9. The molecule has 1 N–H and O–H groups in total. The lowest BCUT2D eigenvalue weighted by atomic mass is 10.1. The van der Waals surface area contributed by atoms with Gasteiger partial charge in [0, 0.05) is 6.08 Å². The summed E-state index contributed by atoms with van der Waals surface area (Å²) in [6.45, 7) is 2.25. The number of carbonyl (C=O) groups is 1. The molecule has 25 heavy (non-hydrogen) atoms. The molecule has 0 saturated heterocycles. The second-order valence-corrected chi connectivity index (χ2v) is 7.50. The van der Waals surface area contributed by atoms with Gasteiger partial charge in [-0.1, -0.05) is 89.4 Å². The SMILES string of the molecule is CCCCCCCC(Cl)C=CCCCCCCCCC/C=C/C(=O)O. The van der Waals surface area contributed by atoms with Gasteiger partial charge in [0.1, 0.15) is 0 Å². The summed E-state index contributed by atoms with van der Waals surface area (Å²) in [5.74, 6) is -0.846. The minimum Gasteiger partial charge on any atom is -0.478 e. The Morgan fingerprint density at radius 2 is 1.36 bits per heavy atom. The highest BCUT2D eigenvalue weighted by Gasteiger charge is 1.99. The molecule has 0 heterocycles. The molecular weight excluding hydrogens is 332 g/mol. The summed E-state index contributed by atoms with van der Waals surface area (Å²) in [4.78, 5) is 10.3. The van der Waals surface area contributed by atoms with Crippen molar-refractivity contribution in [2.75, 3.05) is 0 Å². The van der Waals surface area contributed by atoms with Gasteiger partial charge in [0.15, 0.2) is 0 Å². The number of halogens is 1. The van der Waals surface area contributed by atoms with E-state index in [1.54, 1.807) is 6.08 Å². The second kappa shape index (κ2) is 19.6. The largest absolute Gasteiger partial charge is 0.478 e. The van der Waals surface area contributed by atoms with Crippen LogP contribution < -0.4 is 0 Å². The molecule has 0 spiro atoms. The number of hydrogen-bond donors (Lipinski definition) is 1. The van der Waals surface area contributed by atoms with Gasteiger partial charge in [-0.05, 0) is 32.1 Å². The first kappa shape index (κ1) is 24.2. The minimum atomic E-state index is -0.846. The maximum Gasteiger partial charge on any atom is 0.327 e. The lowest BCUT2D eigenvalue weighted by Gasteiger charge is -2.04. The van der Waals surface area contributed by atoms with Crippen molar-refractivity contribution in [1.82, 2.24) is 0 Å². The molecule has 0 aliphatic carbocycles. The number of allylic oxidation sites excluding steroid dienone is 3. The van der Waals surface area contributed by atoms with E-state index >= 15 is 0 Å². The molecule has 3 heteroatoms. The van der Waals surface area contributed by atoms with E-state index in [1.807, 2.05) is 0 Å². The van der Waals surface area contributed by atoms with E-state index < -0.39 is 5.97 Å². The van der Waals surface area contributed by atoms with E-state index in [4.69, 9.17) is 16.7 Å². The fourth-order valence-electron chi connectivity index (χ4n) is 2.88. The summed E-state index contributed by atoms with van der Waals surface area (Å²) < 4.78 is 0. The fourth-order valence-corrected chi connectivity index (χ4v) is 3.13. The highest BCUT2D eigenvalue weighted by molar-refractivity contribution is 6.21. The zero-order chi connectivity index (χ0) is 18.6. The zero-order valence-electron chi connectivity index (χ0n) is 16.2. The Bertz CT molecular complexity index is 350. The quantitative estimate of drug-likeness (QED) is 0.116. The summed E-state index contributed by atoms with van der Waals surface area (Å²) >= 11 is 6.32. The van der Waals surface area contributed by atoms with Crippen LogP contribution in [0.1, 0.15) is 103 Å². The fraction of sp³-hybridized carbons (Fsp3) is 0.773. The van der Waals surface area contributed by atoms with Gasteiger partial charge >= 0.3 is 5.97 Å². The van der Waals surface area contributed by atoms with Crippen molar-refractivity contribution in [1.29, 1.82) is 0 Å². The summed E-state index contributed by atoms with van der Waals surface area (Å²) in [5, 5.41) is 8.69.